The Kier molecular flexibility index (Phi) is 7.76. The number of benzene rings is 1. The fraction of sp³-hybridized carbons (Fsp3) is 0.368. The Morgan fingerprint density at radius 2 is 2.11 bits per heavy atom. The van der Waals surface area contributed by atoms with Gasteiger partial charge in [0.15, 0.2) is 5.96 Å². The van der Waals surface area contributed by atoms with E-state index in [0.717, 1.165) is 23.9 Å². The van der Waals surface area contributed by atoms with Crippen LogP contribution in [0.1, 0.15) is 17.8 Å². The zero-order valence-electron chi connectivity index (χ0n) is 15.4. The number of halogens is 3. The molecule has 2 N–H and O–H groups in total. The number of nitrogens with one attached hydrogen (secondary N) is 2. The number of anilines is 1. The van der Waals surface area contributed by atoms with E-state index < -0.39 is 11.6 Å². The standard InChI is InChI=1S/C19H23F2N5.HI/c1-13-4-3-5-15(24-13)11-23-19(22-2)25-16-8-9-26(12-16)18-7-6-14(20)10-17(18)21;/h3-7,10,16H,8-9,11-12H2,1-2H3,(H2,22,23,25);1H. The maximum absolute atomic E-state index is 14.0. The lowest BCUT2D eigenvalue weighted by Gasteiger charge is -2.21. The van der Waals surface area contributed by atoms with Crippen LogP contribution in [0.2, 0.25) is 0 Å². The number of hydrogen-bond donors (Lipinski definition) is 2. The monoisotopic (exact) mass is 487 g/mol. The van der Waals surface area contributed by atoms with Crippen LogP contribution >= 0.6 is 24.0 Å². The minimum atomic E-state index is -0.561. The molecule has 3 rings (SSSR count). The molecular weight excluding hydrogens is 463 g/mol. The van der Waals surface area contributed by atoms with Gasteiger partial charge in [-0.2, -0.15) is 0 Å². The summed E-state index contributed by atoms with van der Waals surface area (Å²) in [5, 5.41) is 6.60. The Labute approximate surface area is 175 Å². The molecular formula is C19H24F2IN5. The highest BCUT2D eigenvalue weighted by molar-refractivity contribution is 14.0. The van der Waals surface area contributed by atoms with Crippen LogP contribution in [0.5, 0.6) is 0 Å². The summed E-state index contributed by atoms with van der Waals surface area (Å²) in [6, 6.07) is 9.72. The summed E-state index contributed by atoms with van der Waals surface area (Å²) in [6.45, 7) is 3.87. The average Bonchev–Trinajstić information content (AvgIpc) is 3.07. The Balaban J connectivity index is 0.00000261. The van der Waals surface area contributed by atoms with E-state index in [0.29, 0.717) is 31.3 Å². The highest BCUT2D eigenvalue weighted by Crippen LogP contribution is 2.24. The molecule has 1 fully saturated rings. The lowest BCUT2D eigenvalue weighted by atomic mass is 10.2. The van der Waals surface area contributed by atoms with E-state index >= 15 is 0 Å². The number of aryl methyl sites for hydroxylation is 1. The van der Waals surface area contributed by atoms with E-state index in [9.17, 15) is 8.78 Å². The van der Waals surface area contributed by atoms with Crippen LogP contribution < -0.4 is 15.5 Å². The first-order valence-electron chi connectivity index (χ1n) is 8.65. The largest absolute Gasteiger partial charge is 0.367 e. The van der Waals surface area contributed by atoms with Crippen LogP contribution in [0.4, 0.5) is 14.5 Å². The summed E-state index contributed by atoms with van der Waals surface area (Å²) in [4.78, 5) is 10.6. The fourth-order valence-corrected chi connectivity index (χ4v) is 3.09. The van der Waals surface area contributed by atoms with Gasteiger partial charge in [0.05, 0.1) is 17.9 Å². The van der Waals surface area contributed by atoms with Crippen molar-refractivity contribution in [2.45, 2.75) is 25.9 Å². The van der Waals surface area contributed by atoms with Crippen molar-refractivity contribution in [3.8, 4) is 0 Å². The molecule has 1 aliphatic heterocycles. The first-order valence-corrected chi connectivity index (χ1v) is 8.65. The van der Waals surface area contributed by atoms with Gasteiger partial charge >= 0.3 is 0 Å². The van der Waals surface area contributed by atoms with Crippen molar-refractivity contribution in [2.75, 3.05) is 25.0 Å². The molecule has 0 bridgehead atoms. The van der Waals surface area contributed by atoms with Gasteiger partial charge in [0.2, 0.25) is 0 Å². The van der Waals surface area contributed by atoms with Crippen molar-refractivity contribution in [2.24, 2.45) is 4.99 Å². The SMILES string of the molecule is CN=C(NCc1cccc(C)n1)NC1CCN(c2ccc(F)cc2F)C1.I. The number of nitrogens with zero attached hydrogens (tertiary/aromatic N) is 3. The van der Waals surface area contributed by atoms with Gasteiger partial charge in [-0.05, 0) is 37.6 Å². The second-order valence-electron chi connectivity index (χ2n) is 6.37. The molecule has 1 aromatic heterocycles. The van der Waals surface area contributed by atoms with E-state index in [-0.39, 0.29) is 30.0 Å². The maximum atomic E-state index is 14.0. The molecule has 0 saturated carbocycles. The molecule has 1 aromatic carbocycles. The smallest absolute Gasteiger partial charge is 0.191 e. The molecule has 1 unspecified atom stereocenters. The van der Waals surface area contributed by atoms with Crippen LogP contribution in [0, 0.1) is 18.6 Å². The zero-order valence-corrected chi connectivity index (χ0v) is 17.7. The summed E-state index contributed by atoms with van der Waals surface area (Å²) in [5.41, 5.74) is 2.34. The first kappa shape index (κ1) is 21.3. The van der Waals surface area contributed by atoms with Crippen LogP contribution in [0.15, 0.2) is 41.4 Å². The summed E-state index contributed by atoms with van der Waals surface area (Å²) in [5.74, 6) is -0.409. The van der Waals surface area contributed by atoms with E-state index in [1.54, 1.807) is 7.05 Å². The number of hydrogen-bond acceptors (Lipinski definition) is 3. The van der Waals surface area contributed by atoms with Gasteiger partial charge < -0.3 is 15.5 Å². The third kappa shape index (κ3) is 5.75. The van der Waals surface area contributed by atoms with Crippen molar-refractivity contribution in [1.82, 2.24) is 15.6 Å². The minimum absolute atomic E-state index is 0. The number of pyridine rings is 1. The average molecular weight is 487 g/mol. The minimum Gasteiger partial charge on any atom is -0.367 e. The zero-order chi connectivity index (χ0) is 18.5. The molecule has 0 spiro atoms. The van der Waals surface area contributed by atoms with Crippen LogP contribution in [0.3, 0.4) is 0 Å². The van der Waals surface area contributed by atoms with Gasteiger partial charge in [-0.15, -0.1) is 24.0 Å². The van der Waals surface area contributed by atoms with Crippen LogP contribution in [-0.4, -0.2) is 37.1 Å². The topological polar surface area (TPSA) is 52.6 Å². The molecule has 1 aliphatic rings. The number of guanidine groups is 1. The van der Waals surface area contributed by atoms with Crippen molar-refractivity contribution in [1.29, 1.82) is 0 Å². The van der Waals surface area contributed by atoms with Gasteiger partial charge in [0, 0.05) is 37.9 Å². The molecule has 1 saturated heterocycles. The van der Waals surface area contributed by atoms with E-state index in [1.807, 2.05) is 30.0 Å². The predicted molar refractivity (Wildman–Crippen MR) is 115 cm³/mol. The second kappa shape index (κ2) is 9.82. The third-order valence-electron chi connectivity index (χ3n) is 4.39. The summed E-state index contributed by atoms with van der Waals surface area (Å²) in [7, 11) is 1.71. The Morgan fingerprint density at radius 1 is 1.30 bits per heavy atom. The van der Waals surface area contributed by atoms with Gasteiger partial charge in [0.1, 0.15) is 11.6 Å². The number of aliphatic imine (C=N–C) groups is 1. The molecule has 0 amide bonds. The highest BCUT2D eigenvalue weighted by Gasteiger charge is 2.25. The molecule has 2 aromatic rings. The summed E-state index contributed by atoms with van der Waals surface area (Å²) in [6.07, 6.45) is 0.847. The van der Waals surface area contributed by atoms with Crippen molar-refractivity contribution in [3.63, 3.8) is 0 Å². The Bertz CT molecular complexity index is 799. The molecule has 0 aliphatic carbocycles. The lowest BCUT2D eigenvalue weighted by Crippen LogP contribution is -2.44. The van der Waals surface area contributed by atoms with Crippen LogP contribution in [-0.2, 0) is 6.54 Å². The predicted octanol–water partition coefficient (Wildman–Crippen LogP) is 3.23. The molecule has 0 radical (unpaired) electrons. The lowest BCUT2D eigenvalue weighted by molar-refractivity contribution is 0.580. The van der Waals surface area contributed by atoms with Crippen molar-refractivity contribution in [3.05, 3.63) is 59.4 Å². The molecule has 2 heterocycles. The third-order valence-corrected chi connectivity index (χ3v) is 4.39. The Hall–Kier alpha value is -1.97. The number of aromatic nitrogens is 1. The van der Waals surface area contributed by atoms with E-state index in [1.165, 1.54) is 12.1 Å². The van der Waals surface area contributed by atoms with Gasteiger partial charge in [-0.1, -0.05) is 6.07 Å². The molecule has 27 heavy (non-hydrogen) atoms. The normalized spacial score (nSPS) is 16.8. The van der Waals surface area contributed by atoms with Gasteiger partial charge in [0.25, 0.3) is 0 Å². The van der Waals surface area contributed by atoms with Crippen molar-refractivity contribution >= 4 is 35.6 Å². The van der Waals surface area contributed by atoms with Gasteiger partial charge in [-0.3, -0.25) is 9.98 Å². The fourth-order valence-electron chi connectivity index (χ4n) is 3.09. The molecule has 8 heteroatoms. The van der Waals surface area contributed by atoms with Crippen molar-refractivity contribution < 1.29 is 8.78 Å². The summed E-state index contributed by atoms with van der Waals surface area (Å²) < 4.78 is 27.0. The van der Waals surface area contributed by atoms with Crippen LogP contribution in [0.25, 0.3) is 0 Å². The summed E-state index contributed by atoms with van der Waals surface area (Å²) >= 11 is 0. The molecule has 1 atom stereocenters. The molecule has 146 valence electrons. The van der Waals surface area contributed by atoms with Gasteiger partial charge in [-0.25, -0.2) is 8.78 Å². The first-order chi connectivity index (χ1) is 12.5. The maximum Gasteiger partial charge on any atom is 0.191 e. The number of rotatable bonds is 4. The molecule has 5 nitrogen and oxygen atoms in total. The quantitative estimate of drug-likeness (QED) is 0.395. The Morgan fingerprint density at radius 3 is 2.81 bits per heavy atom. The highest BCUT2D eigenvalue weighted by atomic mass is 127. The van der Waals surface area contributed by atoms with E-state index in [4.69, 9.17) is 0 Å². The van der Waals surface area contributed by atoms with E-state index in [2.05, 4.69) is 20.6 Å². The second-order valence-corrected chi connectivity index (χ2v) is 6.37.